The van der Waals surface area contributed by atoms with Gasteiger partial charge in [-0.1, -0.05) is 12.2 Å². The highest BCUT2D eigenvalue weighted by atomic mass is 16.6. The Morgan fingerprint density at radius 2 is 1.48 bits per heavy atom. The van der Waals surface area contributed by atoms with Gasteiger partial charge in [0, 0.05) is 12.1 Å². The predicted octanol–water partition coefficient (Wildman–Crippen LogP) is 3.27. The highest BCUT2D eigenvalue weighted by Crippen LogP contribution is 2.37. The molecule has 8 heteroatoms. The van der Waals surface area contributed by atoms with Gasteiger partial charge in [-0.3, -0.25) is 24.6 Å². The van der Waals surface area contributed by atoms with Crippen LogP contribution in [0, 0.1) is 22.0 Å². The number of nitrogens with zero attached hydrogens (tertiary/aromatic N) is 2. The van der Waals surface area contributed by atoms with Crippen LogP contribution >= 0.6 is 0 Å². The average molecular weight is 392 g/mol. The number of imide groups is 1. The van der Waals surface area contributed by atoms with E-state index in [1.54, 1.807) is 0 Å². The molecule has 0 spiro atoms. The van der Waals surface area contributed by atoms with Crippen molar-refractivity contribution in [1.82, 2.24) is 0 Å². The number of nitro benzene ring substituents is 1. The van der Waals surface area contributed by atoms with Gasteiger partial charge in [0.2, 0.25) is 11.8 Å². The Kier molecular flexibility index (Phi) is 4.67. The molecule has 4 rings (SSSR count). The minimum atomic E-state index is -0.651. The van der Waals surface area contributed by atoms with E-state index in [9.17, 15) is 24.5 Å². The predicted molar refractivity (Wildman–Crippen MR) is 102 cm³/mol. The molecule has 2 aromatic rings. The summed E-state index contributed by atoms with van der Waals surface area (Å²) in [5.41, 5.74) is 0.538. The number of hydrogen-bond donors (Lipinski definition) is 0. The molecule has 0 aromatic heterocycles. The first-order valence-electron chi connectivity index (χ1n) is 9.05. The number of rotatable bonds is 4. The second-order valence-corrected chi connectivity index (χ2v) is 6.86. The van der Waals surface area contributed by atoms with E-state index in [0.717, 1.165) is 0 Å². The number of esters is 1. The molecule has 2 atom stereocenters. The molecule has 1 heterocycles. The first kappa shape index (κ1) is 18.5. The first-order chi connectivity index (χ1) is 14.0. The van der Waals surface area contributed by atoms with Crippen molar-refractivity contribution in [2.24, 2.45) is 11.8 Å². The fraction of sp³-hybridized carbons (Fsp3) is 0.190. The van der Waals surface area contributed by atoms with E-state index in [1.807, 2.05) is 12.2 Å². The van der Waals surface area contributed by atoms with Crippen LogP contribution in [0.15, 0.2) is 60.7 Å². The molecule has 0 N–H and O–H groups in total. The zero-order valence-corrected chi connectivity index (χ0v) is 15.2. The van der Waals surface area contributed by atoms with Gasteiger partial charge in [0.25, 0.3) is 5.69 Å². The van der Waals surface area contributed by atoms with Gasteiger partial charge >= 0.3 is 5.97 Å². The number of hydrogen-bond acceptors (Lipinski definition) is 6. The molecule has 0 saturated carbocycles. The Morgan fingerprint density at radius 1 is 0.931 bits per heavy atom. The normalized spacial score (nSPS) is 20.5. The van der Waals surface area contributed by atoms with Gasteiger partial charge in [-0.25, -0.2) is 4.79 Å². The fourth-order valence-electron chi connectivity index (χ4n) is 3.60. The molecule has 8 nitrogen and oxygen atoms in total. The maximum Gasteiger partial charge on any atom is 0.343 e. The minimum Gasteiger partial charge on any atom is -0.423 e. The number of fused-ring (bicyclic) bond motifs is 1. The van der Waals surface area contributed by atoms with Gasteiger partial charge in [-0.15, -0.1) is 0 Å². The van der Waals surface area contributed by atoms with Crippen molar-refractivity contribution in [3.8, 4) is 5.75 Å². The lowest BCUT2D eigenvalue weighted by molar-refractivity contribution is -0.384. The van der Waals surface area contributed by atoms with Crippen molar-refractivity contribution in [2.45, 2.75) is 12.8 Å². The van der Waals surface area contributed by atoms with Crippen LogP contribution in [-0.2, 0) is 9.59 Å². The van der Waals surface area contributed by atoms with Crippen LogP contribution in [0.1, 0.15) is 23.2 Å². The third-order valence-corrected chi connectivity index (χ3v) is 5.13. The summed E-state index contributed by atoms with van der Waals surface area (Å²) in [4.78, 5) is 48.8. The van der Waals surface area contributed by atoms with Crippen LogP contribution in [0.25, 0.3) is 0 Å². The molecule has 1 aliphatic heterocycles. The Balaban J connectivity index is 1.47. The van der Waals surface area contributed by atoms with E-state index >= 15 is 0 Å². The van der Waals surface area contributed by atoms with Crippen LogP contribution in [0.3, 0.4) is 0 Å². The summed E-state index contributed by atoms with van der Waals surface area (Å²) in [6.45, 7) is 0. The van der Waals surface area contributed by atoms with Crippen molar-refractivity contribution in [3.63, 3.8) is 0 Å². The molecule has 0 unspecified atom stereocenters. The van der Waals surface area contributed by atoms with Crippen molar-refractivity contribution < 1.29 is 24.0 Å². The number of non-ortho nitro benzene ring substituents is 1. The van der Waals surface area contributed by atoms with Gasteiger partial charge in [-0.2, -0.15) is 0 Å². The Bertz CT molecular complexity index is 1000. The summed E-state index contributed by atoms with van der Waals surface area (Å²) in [6, 6.07) is 11.2. The average Bonchev–Trinajstić information content (AvgIpc) is 2.99. The smallest absolute Gasteiger partial charge is 0.343 e. The SMILES string of the molecule is O=C(Oc1ccc([N+](=O)[O-])cc1)c1ccc(N2C(=O)[C@H]3CC=CC[C@H]3C2=O)cc1. The minimum absolute atomic E-state index is 0.107. The van der Waals surface area contributed by atoms with Crippen LogP contribution in [0.4, 0.5) is 11.4 Å². The quantitative estimate of drug-likeness (QED) is 0.197. The number of carbonyl (C=O) groups is 3. The largest absolute Gasteiger partial charge is 0.423 e. The molecule has 0 radical (unpaired) electrons. The number of amides is 2. The molecule has 146 valence electrons. The summed E-state index contributed by atoms with van der Waals surface area (Å²) in [5.74, 6) is -1.55. The zero-order chi connectivity index (χ0) is 20.5. The molecular weight excluding hydrogens is 376 g/mol. The third kappa shape index (κ3) is 3.40. The molecular formula is C21H16N2O6. The van der Waals surface area contributed by atoms with Crippen molar-refractivity contribution in [2.75, 3.05) is 4.90 Å². The maximum atomic E-state index is 12.6. The van der Waals surface area contributed by atoms with Crippen molar-refractivity contribution in [1.29, 1.82) is 0 Å². The van der Waals surface area contributed by atoms with Gasteiger partial charge in [0.05, 0.1) is 28.0 Å². The van der Waals surface area contributed by atoms with Crippen LogP contribution < -0.4 is 9.64 Å². The summed E-state index contributed by atoms with van der Waals surface area (Å²) in [6.07, 6.45) is 4.97. The summed E-state index contributed by atoms with van der Waals surface area (Å²) >= 11 is 0. The van der Waals surface area contributed by atoms with E-state index < -0.39 is 10.9 Å². The maximum absolute atomic E-state index is 12.6. The summed E-state index contributed by atoms with van der Waals surface area (Å²) in [7, 11) is 0. The van der Waals surface area contributed by atoms with Gasteiger partial charge in [0.1, 0.15) is 5.75 Å². The second kappa shape index (κ2) is 7.31. The Labute approximate surface area is 165 Å². The number of allylic oxidation sites excluding steroid dienone is 2. The standard InChI is InChI=1S/C21H16N2O6/c24-19-17-3-1-2-4-18(17)20(25)22(19)14-7-5-13(6-8-14)21(26)29-16-11-9-15(10-12-16)23(27)28/h1-2,5-12,17-18H,3-4H2/t17-,18+. The van der Waals surface area contributed by atoms with E-state index in [2.05, 4.69) is 0 Å². The number of nitro groups is 1. The first-order valence-corrected chi connectivity index (χ1v) is 9.05. The molecule has 1 aliphatic carbocycles. The number of carbonyl (C=O) groups excluding carboxylic acids is 3. The molecule has 2 aliphatic rings. The van der Waals surface area contributed by atoms with Crippen molar-refractivity contribution >= 4 is 29.2 Å². The van der Waals surface area contributed by atoms with Gasteiger partial charge < -0.3 is 4.74 Å². The van der Waals surface area contributed by atoms with E-state index in [0.29, 0.717) is 18.5 Å². The second-order valence-electron chi connectivity index (χ2n) is 6.86. The van der Waals surface area contributed by atoms with Crippen molar-refractivity contribution in [3.05, 3.63) is 76.4 Å². The van der Waals surface area contributed by atoms with E-state index in [4.69, 9.17) is 4.74 Å². The lowest BCUT2D eigenvalue weighted by atomic mass is 9.85. The number of ether oxygens (including phenoxy) is 1. The third-order valence-electron chi connectivity index (χ3n) is 5.13. The molecule has 2 aromatic carbocycles. The van der Waals surface area contributed by atoms with Gasteiger partial charge in [0.15, 0.2) is 0 Å². The van der Waals surface area contributed by atoms with E-state index in [-0.39, 0.29) is 40.7 Å². The summed E-state index contributed by atoms with van der Waals surface area (Å²) in [5, 5.41) is 10.7. The monoisotopic (exact) mass is 392 g/mol. The van der Waals surface area contributed by atoms with Crippen LogP contribution in [0.2, 0.25) is 0 Å². The zero-order valence-electron chi connectivity index (χ0n) is 15.2. The molecule has 29 heavy (non-hydrogen) atoms. The molecule has 1 fully saturated rings. The Morgan fingerprint density at radius 3 is 2.00 bits per heavy atom. The number of anilines is 1. The lowest BCUT2D eigenvalue weighted by Gasteiger charge is -2.15. The fourth-order valence-corrected chi connectivity index (χ4v) is 3.60. The highest BCUT2D eigenvalue weighted by molar-refractivity contribution is 6.22. The molecule has 1 saturated heterocycles. The number of benzene rings is 2. The Hall–Kier alpha value is -3.81. The highest BCUT2D eigenvalue weighted by Gasteiger charge is 2.47. The van der Waals surface area contributed by atoms with E-state index in [1.165, 1.54) is 53.4 Å². The lowest BCUT2D eigenvalue weighted by Crippen LogP contribution is -2.30. The van der Waals surface area contributed by atoms with Crippen LogP contribution in [-0.4, -0.2) is 22.7 Å². The molecule has 2 amide bonds. The van der Waals surface area contributed by atoms with Crippen LogP contribution in [0.5, 0.6) is 5.75 Å². The topological polar surface area (TPSA) is 107 Å². The summed E-state index contributed by atoms with van der Waals surface area (Å²) < 4.78 is 5.20. The molecule has 0 bridgehead atoms. The van der Waals surface area contributed by atoms with Gasteiger partial charge in [-0.05, 0) is 49.2 Å².